The summed E-state index contributed by atoms with van der Waals surface area (Å²) in [5, 5.41) is 32.5. The molecule has 306 valence electrons. The second kappa shape index (κ2) is 14.2. The van der Waals surface area contributed by atoms with Gasteiger partial charge in [-0.2, -0.15) is 10.1 Å². The fourth-order valence-corrected chi connectivity index (χ4v) is 12.0. The Labute approximate surface area is 344 Å². The number of nitrogens with one attached hydrogen (secondary N) is 1. The number of para-hydroxylation sites is 3. The largest absolute Gasteiger partial charge is 0.465 e. The summed E-state index contributed by atoms with van der Waals surface area (Å²) in [6.45, 7) is 5.34. The van der Waals surface area contributed by atoms with Gasteiger partial charge in [-0.25, -0.2) is 9.59 Å². The van der Waals surface area contributed by atoms with Gasteiger partial charge in [-0.05, 0) is 86.3 Å². The number of piperidine rings is 2. The summed E-state index contributed by atoms with van der Waals surface area (Å²) < 4.78 is 15.6. The number of fused-ring (bicyclic) bond motifs is 11. The van der Waals surface area contributed by atoms with E-state index < -0.39 is 35.1 Å². The molecule has 2 aromatic heterocycles. The third-order valence-electron chi connectivity index (χ3n) is 14.7. The maximum Gasteiger partial charge on any atom is 0.339 e. The number of nitrogens with zero attached hydrogens (tertiary/aromatic N) is 4. The van der Waals surface area contributed by atoms with Crippen molar-refractivity contribution in [1.29, 1.82) is 0 Å². The van der Waals surface area contributed by atoms with Gasteiger partial charge in [0, 0.05) is 52.3 Å². The molecule has 0 radical (unpaired) electrons. The van der Waals surface area contributed by atoms with Crippen LogP contribution in [0.1, 0.15) is 98.7 Å². The van der Waals surface area contributed by atoms with Crippen molar-refractivity contribution in [3.05, 3.63) is 113 Å². The Morgan fingerprint density at radius 2 is 1.25 bits per heavy atom. The zero-order valence-corrected chi connectivity index (χ0v) is 34.3. The van der Waals surface area contributed by atoms with Crippen molar-refractivity contribution in [2.45, 2.75) is 89.5 Å². The molecule has 5 aromatic rings. The summed E-state index contributed by atoms with van der Waals surface area (Å²) in [5.74, 6) is -0.944. The number of hydrogen-bond acceptors (Lipinski definition) is 9. The van der Waals surface area contributed by atoms with Gasteiger partial charge in [0.15, 0.2) is 0 Å². The van der Waals surface area contributed by atoms with Crippen LogP contribution in [0.15, 0.2) is 84.9 Å². The SMILES string of the molecule is CC[C@]12C=C(C(=O)OC)c3c(C[C@@H]4Nc5ccccc5C[C@H]4c4c5n(c6ccccc46)[C@H]4N(O)CCC[C@@]4(CC)C=C5C(=O)OC)c4ccccc4n3[C@H]1N(O)CCC2. The van der Waals surface area contributed by atoms with Crippen molar-refractivity contribution in [2.24, 2.45) is 10.8 Å². The van der Waals surface area contributed by atoms with E-state index >= 15 is 0 Å². The maximum absolute atomic E-state index is 14.1. The van der Waals surface area contributed by atoms with Gasteiger partial charge in [0.25, 0.3) is 0 Å². The standard InChI is InChI=1S/C48H53N5O6/c1-5-47-21-13-23-50(56)45(47)52-38-19-11-8-16-30(38)32(41(52)34(27-47)43(54)58-3)26-37-33(25-29-15-7-10-18-36(29)49-37)40-31-17-9-12-20-39(31)53-42(40)35(44(55)59-4)28-48(6-2)22-14-24-51(57)46(48)53/h7-12,15-20,27-28,33,37,45-46,49,56-57H,5-6,13-14,21-26H2,1-4H3/t33-,37+,45-,46-,47+,48+/m1/s1. The van der Waals surface area contributed by atoms with Gasteiger partial charge in [-0.1, -0.05) is 80.6 Å². The highest BCUT2D eigenvalue weighted by Gasteiger charge is 2.52. The molecule has 5 aliphatic heterocycles. The fourth-order valence-electron chi connectivity index (χ4n) is 12.0. The smallest absolute Gasteiger partial charge is 0.339 e. The Morgan fingerprint density at radius 1 is 0.729 bits per heavy atom. The van der Waals surface area contributed by atoms with Crippen molar-refractivity contribution >= 4 is 50.6 Å². The summed E-state index contributed by atoms with van der Waals surface area (Å²) in [6.07, 6.45) is 9.40. The Bertz CT molecular complexity index is 2590. The quantitative estimate of drug-likeness (QED) is 0.139. The van der Waals surface area contributed by atoms with Crippen molar-refractivity contribution in [1.82, 2.24) is 19.3 Å². The average Bonchev–Trinajstić information content (AvgIpc) is 3.78. The van der Waals surface area contributed by atoms with Crippen LogP contribution in [0, 0.1) is 10.8 Å². The number of methoxy groups -OCH3 is 2. The molecule has 5 aliphatic rings. The molecule has 7 heterocycles. The number of rotatable bonds is 7. The monoisotopic (exact) mass is 795 g/mol. The summed E-state index contributed by atoms with van der Waals surface area (Å²) in [5.41, 5.74) is 7.86. The highest BCUT2D eigenvalue weighted by molar-refractivity contribution is 6.19. The van der Waals surface area contributed by atoms with Crippen LogP contribution in [0.25, 0.3) is 33.0 Å². The lowest BCUT2D eigenvalue weighted by Crippen LogP contribution is -2.49. The van der Waals surface area contributed by atoms with Gasteiger partial charge < -0.3 is 34.3 Å². The molecular formula is C48H53N5O6. The van der Waals surface area contributed by atoms with Crippen LogP contribution in [0.4, 0.5) is 5.69 Å². The third-order valence-corrected chi connectivity index (χ3v) is 14.7. The van der Waals surface area contributed by atoms with E-state index in [9.17, 15) is 20.0 Å². The van der Waals surface area contributed by atoms with Gasteiger partial charge in [0.05, 0.1) is 47.8 Å². The lowest BCUT2D eigenvalue weighted by atomic mass is 9.70. The molecule has 0 aliphatic carbocycles. The molecule has 11 heteroatoms. The molecule has 2 fully saturated rings. The number of carbonyl (C=O) groups is 2. The predicted octanol–water partition coefficient (Wildman–Crippen LogP) is 8.86. The van der Waals surface area contributed by atoms with Gasteiger partial charge in [-0.15, -0.1) is 0 Å². The summed E-state index contributed by atoms with van der Waals surface area (Å²) >= 11 is 0. The molecule has 59 heavy (non-hydrogen) atoms. The number of anilines is 1. The normalized spacial score (nSPS) is 27.7. The van der Waals surface area contributed by atoms with Crippen LogP contribution in [0.5, 0.6) is 0 Å². The third kappa shape index (κ3) is 5.47. The van der Waals surface area contributed by atoms with Crippen LogP contribution in [-0.4, -0.2) is 75.0 Å². The molecule has 2 saturated heterocycles. The summed E-state index contributed by atoms with van der Waals surface area (Å²) in [6, 6.07) is 24.9. The van der Waals surface area contributed by atoms with E-state index in [2.05, 4.69) is 95.0 Å². The molecule has 10 rings (SSSR count). The van der Waals surface area contributed by atoms with E-state index in [0.717, 1.165) is 88.5 Å². The van der Waals surface area contributed by atoms with Crippen LogP contribution >= 0.6 is 0 Å². The minimum Gasteiger partial charge on any atom is -0.465 e. The van der Waals surface area contributed by atoms with Gasteiger partial charge in [-0.3, -0.25) is 0 Å². The zero-order chi connectivity index (χ0) is 40.8. The number of hydrogen-bond donors (Lipinski definition) is 3. The highest BCUT2D eigenvalue weighted by atomic mass is 16.5. The van der Waals surface area contributed by atoms with Gasteiger partial charge in [0.2, 0.25) is 0 Å². The first-order valence-electron chi connectivity index (χ1n) is 21.3. The number of aromatic nitrogens is 2. The minimum atomic E-state index is -0.478. The average molecular weight is 796 g/mol. The molecule has 6 atom stereocenters. The van der Waals surface area contributed by atoms with Crippen LogP contribution < -0.4 is 5.32 Å². The minimum absolute atomic E-state index is 0.161. The fraction of sp³-hybridized carbons (Fsp3) is 0.417. The van der Waals surface area contributed by atoms with E-state index in [4.69, 9.17) is 9.47 Å². The van der Waals surface area contributed by atoms with Crippen molar-refractivity contribution < 1.29 is 29.5 Å². The molecule has 0 saturated carbocycles. The lowest BCUT2D eigenvalue weighted by molar-refractivity contribution is -0.203. The Kier molecular flexibility index (Phi) is 9.17. The lowest BCUT2D eigenvalue weighted by Gasteiger charge is -2.50. The van der Waals surface area contributed by atoms with E-state index in [-0.39, 0.29) is 12.0 Å². The zero-order valence-electron chi connectivity index (χ0n) is 34.3. The molecule has 0 bridgehead atoms. The number of benzene rings is 3. The van der Waals surface area contributed by atoms with E-state index in [1.807, 2.05) is 18.2 Å². The summed E-state index contributed by atoms with van der Waals surface area (Å²) in [7, 11) is 2.89. The highest BCUT2D eigenvalue weighted by Crippen LogP contribution is 2.57. The van der Waals surface area contributed by atoms with Crippen molar-refractivity contribution in [2.75, 3.05) is 32.6 Å². The second-order valence-electron chi connectivity index (χ2n) is 17.3. The Balaban J connectivity index is 1.23. The number of carbonyl (C=O) groups excluding carboxylic acids is 2. The Morgan fingerprint density at radius 3 is 1.86 bits per heavy atom. The topological polar surface area (TPSA) is 121 Å². The molecular weight excluding hydrogens is 743 g/mol. The van der Waals surface area contributed by atoms with Crippen LogP contribution in [0.3, 0.4) is 0 Å². The summed E-state index contributed by atoms with van der Waals surface area (Å²) in [4.78, 5) is 28.2. The number of ether oxygens (including phenoxy) is 2. The maximum atomic E-state index is 14.1. The molecule has 3 aromatic carbocycles. The first kappa shape index (κ1) is 38.0. The van der Waals surface area contributed by atoms with Gasteiger partial charge in [0.1, 0.15) is 12.3 Å². The first-order valence-corrected chi connectivity index (χ1v) is 21.3. The molecule has 0 amide bonds. The van der Waals surface area contributed by atoms with Gasteiger partial charge >= 0.3 is 11.9 Å². The van der Waals surface area contributed by atoms with Crippen LogP contribution in [0.2, 0.25) is 0 Å². The van der Waals surface area contributed by atoms with E-state index in [1.165, 1.54) is 29.9 Å². The van der Waals surface area contributed by atoms with Crippen molar-refractivity contribution in [3.8, 4) is 0 Å². The van der Waals surface area contributed by atoms with E-state index in [0.29, 0.717) is 37.1 Å². The first-order chi connectivity index (χ1) is 28.7. The van der Waals surface area contributed by atoms with E-state index in [1.54, 1.807) is 0 Å². The number of esters is 2. The molecule has 3 N–H and O–H groups in total. The van der Waals surface area contributed by atoms with Crippen LogP contribution in [-0.2, 0) is 31.9 Å². The number of hydroxylamine groups is 4. The Hall–Kier alpha value is -5.20. The molecule has 0 unspecified atom stereocenters. The molecule has 0 spiro atoms. The second-order valence-corrected chi connectivity index (χ2v) is 17.3. The van der Waals surface area contributed by atoms with Crippen molar-refractivity contribution in [3.63, 3.8) is 0 Å². The predicted molar refractivity (Wildman–Crippen MR) is 227 cm³/mol. The molecule has 11 nitrogen and oxygen atoms in total.